The SMILES string of the molecule is NC(=O)C1OCCO/C1=N/O. The minimum atomic E-state index is -1.05. The van der Waals surface area contributed by atoms with Gasteiger partial charge in [0.25, 0.3) is 11.8 Å². The van der Waals surface area contributed by atoms with E-state index in [-0.39, 0.29) is 19.1 Å². The summed E-state index contributed by atoms with van der Waals surface area (Å²) in [7, 11) is 0. The first-order valence-corrected chi connectivity index (χ1v) is 3.01. The lowest BCUT2D eigenvalue weighted by atomic mass is 10.3. The maximum atomic E-state index is 10.5. The molecule has 1 aliphatic heterocycles. The topological polar surface area (TPSA) is 94.1 Å². The smallest absolute Gasteiger partial charge is 0.264 e. The quantitative estimate of drug-likeness (QED) is 0.367. The fourth-order valence-corrected chi connectivity index (χ4v) is 0.744. The van der Waals surface area contributed by atoms with Crippen LogP contribution in [0.2, 0.25) is 0 Å². The van der Waals surface area contributed by atoms with Gasteiger partial charge in [-0.3, -0.25) is 4.79 Å². The summed E-state index contributed by atoms with van der Waals surface area (Å²) < 4.78 is 9.63. The second kappa shape index (κ2) is 3.20. The van der Waals surface area contributed by atoms with Gasteiger partial charge >= 0.3 is 0 Å². The number of hydrogen-bond donors (Lipinski definition) is 2. The van der Waals surface area contributed by atoms with Gasteiger partial charge < -0.3 is 20.4 Å². The van der Waals surface area contributed by atoms with Gasteiger partial charge in [0.15, 0.2) is 0 Å². The molecule has 1 atom stereocenters. The number of nitrogens with two attached hydrogens (primary N) is 1. The van der Waals surface area contributed by atoms with Crippen LogP contribution in [0, 0.1) is 0 Å². The monoisotopic (exact) mass is 160 g/mol. The first kappa shape index (κ1) is 7.80. The van der Waals surface area contributed by atoms with Crippen molar-refractivity contribution >= 4 is 11.8 Å². The number of hydrogen-bond acceptors (Lipinski definition) is 5. The third kappa shape index (κ3) is 1.58. The van der Waals surface area contributed by atoms with Crippen molar-refractivity contribution in [3.8, 4) is 0 Å². The fraction of sp³-hybridized carbons (Fsp3) is 0.600. The van der Waals surface area contributed by atoms with Gasteiger partial charge in [-0.05, 0) is 0 Å². The number of oxime groups is 1. The van der Waals surface area contributed by atoms with Crippen LogP contribution >= 0.6 is 0 Å². The first-order valence-electron chi connectivity index (χ1n) is 3.01. The average molecular weight is 160 g/mol. The van der Waals surface area contributed by atoms with Crippen molar-refractivity contribution < 1.29 is 19.5 Å². The van der Waals surface area contributed by atoms with E-state index >= 15 is 0 Å². The highest BCUT2D eigenvalue weighted by Crippen LogP contribution is 2.03. The first-order chi connectivity index (χ1) is 5.25. The van der Waals surface area contributed by atoms with E-state index in [9.17, 15) is 4.79 Å². The van der Waals surface area contributed by atoms with Gasteiger partial charge in [0, 0.05) is 0 Å². The van der Waals surface area contributed by atoms with Crippen LogP contribution in [0.1, 0.15) is 0 Å². The minimum Gasteiger partial charge on any atom is -0.474 e. The number of primary amides is 1. The molecular weight excluding hydrogens is 152 g/mol. The molecule has 0 aromatic rings. The van der Waals surface area contributed by atoms with Crippen LogP contribution in [-0.4, -0.2) is 36.3 Å². The summed E-state index contributed by atoms with van der Waals surface area (Å²) in [6, 6.07) is 0. The zero-order valence-electron chi connectivity index (χ0n) is 5.69. The normalized spacial score (nSPS) is 28.0. The van der Waals surface area contributed by atoms with Crippen LogP contribution in [0.15, 0.2) is 5.16 Å². The molecule has 3 N–H and O–H groups in total. The number of amides is 1. The molecule has 0 aliphatic carbocycles. The Hall–Kier alpha value is -1.30. The van der Waals surface area contributed by atoms with Crippen molar-refractivity contribution in [3.63, 3.8) is 0 Å². The van der Waals surface area contributed by atoms with Crippen molar-refractivity contribution in [2.45, 2.75) is 6.10 Å². The molecule has 6 nitrogen and oxygen atoms in total. The maximum absolute atomic E-state index is 10.5. The predicted octanol–water partition coefficient (Wildman–Crippen LogP) is -1.33. The molecule has 11 heavy (non-hydrogen) atoms. The highest BCUT2D eigenvalue weighted by Gasteiger charge is 2.28. The van der Waals surface area contributed by atoms with Gasteiger partial charge in [-0.2, -0.15) is 0 Å². The summed E-state index contributed by atoms with van der Waals surface area (Å²) in [5.41, 5.74) is 4.90. The number of nitrogens with zero attached hydrogens (tertiary/aromatic N) is 1. The lowest BCUT2D eigenvalue weighted by molar-refractivity contribution is -0.129. The highest BCUT2D eigenvalue weighted by atomic mass is 16.6. The summed E-state index contributed by atoms with van der Waals surface area (Å²) in [6.07, 6.45) is -1.05. The van der Waals surface area contributed by atoms with E-state index in [0.29, 0.717) is 0 Å². The number of carbonyl (C=O) groups excluding carboxylic acids is 1. The zero-order chi connectivity index (χ0) is 8.27. The summed E-state index contributed by atoms with van der Waals surface area (Å²) in [6.45, 7) is 0.537. The van der Waals surface area contributed by atoms with Gasteiger partial charge in [-0.25, -0.2) is 0 Å². The van der Waals surface area contributed by atoms with E-state index in [1.807, 2.05) is 0 Å². The summed E-state index contributed by atoms with van der Waals surface area (Å²) in [5, 5.41) is 11.0. The summed E-state index contributed by atoms with van der Waals surface area (Å²) in [4.78, 5) is 10.5. The Bertz CT molecular complexity index is 191. The molecule has 1 fully saturated rings. The number of rotatable bonds is 1. The molecule has 1 amide bonds. The average Bonchev–Trinajstić information content (AvgIpc) is 2.04. The largest absolute Gasteiger partial charge is 0.474 e. The molecule has 6 heteroatoms. The van der Waals surface area contributed by atoms with E-state index in [4.69, 9.17) is 20.4 Å². The van der Waals surface area contributed by atoms with E-state index in [1.54, 1.807) is 0 Å². The molecule has 1 aliphatic rings. The van der Waals surface area contributed by atoms with Crippen LogP contribution in [0.5, 0.6) is 0 Å². The molecule has 1 unspecified atom stereocenters. The van der Waals surface area contributed by atoms with Gasteiger partial charge in [-0.15, -0.1) is 0 Å². The molecular formula is C5H8N2O4. The molecule has 0 saturated carbocycles. The second-order valence-corrected chi connectivity index (χ2v) is 1.94. The molecule has 1 heterocycles. The predicted molar refractivity (Wildman–Crippen MR) is 34.1 cm³/mol. The van der Waals surface area contributed by atoms with Crippen LogP contribution < -0.4 is 5.73 Å². The summed E-state index contributed by atoms with van der Waals surface area (Å²) in [5.74, 6) is -0.902. The Labute approximate surface area is 62.6 Å². The molecule has 0 bridgehead atoms. The van der Waals surface area contributed by atoms with Crippen LogP contribution in [0.4, 0.5) is 0 Å². The Morgan fingerprint density at radius 3 is 2.91 bits per heavy atom. The minimum absolute atomic E-state index is 0.177. The second-order valence-electron chi connectivity index (χ2n) is 1.94. The van der Waals surface area contributed by atoms with Crippen LogP contribution in [0.25, 0.3) is 0 Å². The highest BCUT2D eigenvalue weighted by molar-refractivity contribution is 6.02. The van der Waals surface area contributed by atoms with E-state index in [0.717, 1.165) is 0 Å². The lowest BCUT2D eigenvalue weighted by Gasteiger charge is -2.20. The van der Waals surface area contributed by atoms with Crippen molar-refractivity contribution in [2.75, 3.05) is 13.2 Å². The van der Waals surface area contributed by atoms with E-state index < -0.39 is 12.0 Å². The Kier molecular flexibility index (Phi) is 2.27. The van der Waals surface area contributed by atoms with Crippen molar-refractivity contribution in [1.29, 1.82) is 0 Å². The molecule has 0 radical (unpaired) electrons. The Morgan fingerprint density at radius 2 is 2.45 bits per heavy atom. The third-order valence-corrected chi connectivity index (χ3v) is 1.20. The zero-order valence-corrected chi connectivity index (χ0v) is 5.69. The summed E-state index contributed by atoms with van der Waals surface area (Å²) >= 11 is 0. The van der Waals surface area contributed by atoms with Crippen molar-refractivity contribution in [2.24, 2.45) is 10.9 Å². The number of carbonyl (C=O) groups is 1. The third-order valence-electron chi connectivity index (χ3n) is 1.20. The standard InChI is InChI=1S/C5H8N2O4/c6-4(8)3-5(7-9)11-2-1-10-3/h3,9H,1-2H2,(H2,6,8)/b7-5+. The van der Waals surface area contributed by atoms with E-state index in [2.05, 4.69) is 5.16 Å². The van der Waals surface area contributed by atoms with E-state index in [1.165, 1.54) is 0 Å². The maximum Gasteiger partial charge on any atom is 0.264 e. The van der Waals surface area contributed by atoms with Crippen molar-refractivity contribution in [3.05, 3.63) is 0 Å². The van der Waals surface area contributed by atoms with Crippen LogP contribution in [0.3, 0.4) is 0 Å². The number of ether oxygens (including phenoxy) is 2. The lowest BCUT2D eigenvalue weighted by Crippen LogP contribution is -2.43. The molecule has 1 saturated heterocycles. The Balaban J connectivity index is 2.67. The molecule has 0 spiro atoms. The molecule has 0 aromatic heterocycles. The molecule has 0 aromatic carbocycles. The molecule has 1 rings (SSSR count). The fourth-order valence-electron chi connectivity index (χ4n) is 0.744. The molecule has 62 valence electrons. The Morgan fingerprint density at radius 1 is 1.73 bits per heavy atom. The van der Waals surface area contributed by atoms with Gasteiger partial charge in [-0.1, -0.05) is 5.16 Å². The van der Waals surface area contributed by atoms with Gasteiger partial charge in [0.1, 0.15) is 6.61 Å². The van der Waals surface area contributed by atoms with Crippen molar-refractivity contribution in [1.82, 2.24) is 0 Å². The van der Waals surface area contributed by atoms with Gasteiger partial charge in [0.2, 0.25) is 6.10 Å². The van der Waals surface area contributed by atoms with Crippen LogP contribution in [-0.2, 0) is 14.3 Å². The van der Waals surface area contributed by atoms with Gasteiger partial charge in [0.05, 0.1) is 6.61 Å².